The Morgan fingerprint density at radius 1 is 1.32 bits per heavy atom. The van der Waals surface area contributed by atoms with E-state index in [4.69, 9.17) is 10.5 Å². The van der Waals surface area contributed by atoms with Crippen molar-refractivity contribution in [2.24, 2.45) is 5.73 Å². The summed E-state index contributed by atoms with van der Waals surface area (Å²) in [5.41, 5.74) is 5.86. The Kier molecular flexibility index (Phi) is 4.43. The molecule has 1 aromatic rings. The number of amides is 2. The van der Waals surface area contributed by atoms with E-state index in [1.807, 2.05) is 27.7 Å². The van der Waals surface area contributed by atoms with Crippen molar-refractivity contribution in [3.63, 3.8) is 0 Å². The topological polar surface area (TPSA) is 114 Å². The molecule has 2 unspecified atom stereocenters. The lowest BCUT2D eigenvalue weighted by atomic mass is 9.86. The smallest absolute Gasteiger partial charge is 0.251 e. The van der Waals surface area contributed by atoms with E-state index in [1.165, 1.54) is 11.3 Å². The maximum Gasteiger partial charge on any atom is 0.251 e. The van der Waals surface area contributed by atoms with Crippen LogP contribution >= 0.6 is 11.3 Å². The Bertz CT molecular complexity index is 726. The maximum atomic E-state index is 12.5. The van der Waals surface area contributed by atoms with Gasteiger partial charge in [-0.2, -0.15) is 0 Å². The van der Waals surface area contributed by atoms with E-state index in [0.29, 0.717) is 29.8 Å². The molecular formula is C17H25N3O4S. The molecule has 0 radical (unpaired) electrons. The summed E-state index contributed by atoms with van der Waals surface area (Å²) in [6, 6.07) is -0.476. The average Bonchev–Trinajstić information content (AvgIpc) is 3.01. The van der Waals surface area contributed by atoms with Crippen molar-refractivity contribution in [1.29, 1.82) is 0 Å². The van der Waals surface area contributed by atoms with Crippen molar-refractivity contribution in [2.75, 3.05) is 5.32 Å². The van der Waals surface area contributed by atoms with Gasteiger partial charge < -0.3 is 20.9 Å². The molecule has 3 heterocycles. The van der Waals surface area contributed by atoms with Gasteiger partial charge in [-0.15, -0.1) is 11.3 Å². The van der Waals surface area contributed by atoms with Crippen LogP contribution in [0, 0.1) is 0 Å². The van der Waals surface area contributed by atoms with E-state index < -0.39 is 29.4 Å². The summed E-state index contributed by atoms with van der Waals surface area (Å²) in [4.78, 5) is 25.5. The molecule has 3 rings (SSSR count). The number of fused-ring (bicyclic) bond motifs is 1. The molecule has 138 valence electrons. The third-order valence-corrected chi connectivity index (χ3v) is 6.06. The highest BCUT2D eigenvalue weighted by Crippen LogP contribution is 2.48. The van der Waals surface area contributed by atoms with Gasteiger partial charge >= 0.3 is 0 Å². The van der Waals surface area contributed by atoms with Gasteiger partial charge in [-0.3, -0.25) is 14.9 Å². The summed E-state index contributed by atoms with van der Waals surface area (Å²) in [5, 5.41) is 15.6. The van der Waals surface area contributed by atoms with Crippen LogP contribution in [0.2, 0.25) is 0 Å². The van der Waals surface area contributed by atoms with Gasteiger partial charge in [0.15, 0.2) is 0 Å². The SMILES string of the molecule is CC1(C)Cc2c(sc(NC(=O)C3CCC(O)N3)c2C(N)=O)C(C)(C)O1. The van der Waals surface area contributed by atoms with Crippen molar-refractivity contribution in [3.8, 4) is 0 Å². The van der Waals surface area contributed by atoms with E-state index >= 15 is 0 Å². The number of carbonyl (C=O) groups excluding carboxylic acids is 2. The first kappa shape index (κ1) is 18.3. The molecule has 0 spiro atoms. The molecular weight excluding hydrogens is 342 g/mol. The van der Waals surface area contributed by atoms with Crippen LogP contribution in [-0.4, -0.2) is 34.8 Å². The minimum atomic E-state index is -0.670. The predicted octanol–water partition coefficient (Wildman–Crippen LogP) is 1.44. The van der Waals surface area contributed by atoms with E-state index in [1.54, 1.807) is 0 Å². The highest BCUT2D eigenvalue weighted by Gasteiger charge is 2.43. The minimum Gasteiger partial charge on any atom is -0.379 e. The van der Waals surface area contributed by atoms with E-state index in [-0.39, 0.29) is 5.91 Å². The van der Waals surface area contributed by atoms with E-state index in [0.717, 1.165) is 10.4 Å². The van der Waals surface area contributed by atoms with Gasteiger partial charge in [-0.05, 0) is 46.1 Å². The average molecular weight is 367 g/mol. The zero-order chi connectivity index (χ0) is 18.6. The first-order valence-corrected chi connectivity index (χ1v) is 9.23. The fourth-order valence-corrected chi connectivity index (χ4v) is 5.06. The minimum absolute atomic E-state index is 0.268. The molecule has 5 N–H and O–H groups in total. The molecule has 0 aliphatic carbocycles. The van der Waals surface area contributed by atoms with Crippen LogP contribution in [0.5, 0.6) is 0 Å². The van der Waals surface area contributed by atoms with Crippen LogP contribution in [0.3, 0.4) is 0 Å². The van der Waals surface area contributed by atoms with Gasteiger partial charge in [-0.1, -0.05) is 0 Å². The van der Waals surface area contributed by atoms with Gasteiger partial charge in [0.1, 0.15) is 11.2 Å². The third-order valence-electron chi connectivity index (χ3n) is 4.61. The number of anilines is 1. The summed E-state index contributed by atoms with van der Waals surface area (Å²) >= 11 is 1.34. The van der Waals surface area contributed by atoms with Crippen LogP contribution in [0.1, 0.15) is 61.3 Å². The predicted molar refractivity (Wildman–Crippen MR) is 95.5 cm³/mol. The normalized spacial score (nSPS) is 26.9. The Hall–Kier alpha value is -1.48. The van der Waals surface area contributed by atoms with Crippen molar-refractivity contribution in [2.45, 2.75) is 70.4 Å². The molecule has 7 nitrogen and oxygen atoms in total. The number of hydrogen-bond donors (Lipinski definition) is 4. The molecule has 8 heteroatoms. The number of primary amides is 1. The number of thiophene rings is 1. The standard InChI is InChI=1S/C17H25N3O4S/c1-16(2)7-8-11(13(18)22)15(25-12(8)17(3,4)24-16)20-14(23)9-5-6-10(21)19-9/h9-10,19,21H,5-7H2,1-4H3,(H2,18,22)(H,20,23). The van der Waals surface area contributed by atoms with E-state index in [2.05, 4.69) is 10.6 Å². The fraction of sp³-hybridized carbons (Fsp3) is 0.647. The molecule has 25 heavy (non-hydrogen) atoms. The number of ether oxygens (including phenoxy) is 1. The number of rotatable bonds is 3. The number of hydrogen-bond acceptors (Lipinski definition) is 6. The van der Waals surface area contributed by atoms with Crippen LogP contribution < -0.4 is 16.4 Å². The first-order chi connectivity index (χ1) is 11.5. The number of nitrogens with two attached hydrogens (primary N) is 1. The number of carbonyl (C=O) groups is 2. The largest absolute Gasteiger partial charge is 0.379 e. The lowest BCUT2D eigenvalue weighted by molar-refractivity contribution is -0.135. The van der Waals surface area contributed by atoms with Gasteiger partial charge in [0.05, 0.1) is 22.8 Å². The second-order valence-corrected chi connectivity index (χ2v) is 8.85. The zero-order valence-electron chi connectivity index (χ0n) is 14.9. The first-order valence-electron chi connectivity index (χ1n) is 8.41. The molecule has 1 aromatic heterocycles. The van der Waals surface area contributed by atoms with Crippen LogP contribution in [0.4, 0.5) is 5.00 Å². The summed E-state index contributed by atoms with van der Waals surface area (Å²) in [7, 11) is 0. The Morgan fingerprint density at radius 2 is 2.00 bits per heavy atom. The van der Waals surface area contributed by atoms with Crippen molar-refractivity contribution in [3.05, 3.63) is 16.0 Å². The molecule has 2 aliphatic heterocycles. The number of nitrogens with one attached hydrogen (secondary N) is 2. The Labute approximate surface area is 150 Å². The summed E-state index contributed by atoms with van der Waals surface area (Å²) in [6.07, 6.45) is 0.954. The highest BCUT2D eigenvalue weighted by atomic mass is 32.1. The second-order valence-electron chi connectivity index (χ2n) is 7.83. The van der Waals surface area contributed by atoms with E-state index in [9.17, 15) is 14.7 Å². The van der Waals surface area contributed by atoms with Gasteiger partial charge in [0.25, 0.3) is 5.91 Å². The summed E-state index contributed by atoms with van der Waals surface area (Å²) < 4.78 is 6.15. The van der Waals surface area contributed by atoms with Crippen molar-refractivity contribution >= 4 is 28.2 Å². The molecule has 2 aliphatic rings. The van der Waals surface area contributed by atoms with Crippen LogP contribution in [-0.2, 0) is 21.6 Å². The number of aliphatic hydroxyl groups excluding tert-OH is 1. The second kappa shape index (κ2) is 6.05. The summed E-state index contributed by atoms with van der Waals surface area (Å²) in [6.45, 7) is 7.85. The van der Waals surface area contributed by atoms with Gasteiger partial charge in [0, 0.05) is 11.3 Å². The maximum absolute atomic E-state index is 12.5. The highest BCUT2D eigenvalue weighted by molar-refractivity contribution is 7.17. The lowest BCUT2D eigenvalue weighted by Gasteiger charge is -2.41. The van der Waals surface area contributed by atoms with Crippen LogP contribution in [0.25, 0.3) is 0 Å². The summed E-state index contributed by atoms with van der Waals surface area (Å²) in [5.74, 6) is -0.823. The molecule has 1 saturated heterocycles. The fourth-order valence-electron chi connectivity index (χ4n) is 3.80. The monoisotopic (exact) mass is 367 g/mol. The molecule has 0 aromatic carbocycles. The Balaban J connectivity index is 1.97. The molecule has 0 saturated carbocycles. The zero-order valence-corrected chi connectivity index (χ0v) is 15.8. The Morgan fingerprint density at radius 3 is 2.56 bits per heavy atom. The molecule has 2 atom stereocenters. The van der Waals surface area contributed by atoms with Gasteiger partial charge in [-0.25, -0.2) is 0 Å². The van der Waals surface area contributed by atoms with Crippen molar-refractivity contribution < 1.29 is 19.4 Å². The van der Waals surface area contributed by atoms with Crippen LogP contribution in [0.15, 0.2) is 0 Å². The van der Waals surface area contributed by atoms with Gasteiger partial charge in [0.2, 0.25) is 5.91 Å². The quantitative estimate of drug-likeness (QED) is 0.646. The number of aliphatic hydroxyl groups is 1. The molecule has 2 amide bonds. The van der Waals surface area contributed by atoms with Crippen molar-refractivity contribution in [1.82, 2.24) is 5.32 Å². The lowest BCUT2D eigenvalue weighted by Crippen LogP contribution is -2.42. The molecule has 1 fully saturated rings. The molecule has 0 bridgehead atoms. The third kappa shape index (κ3) is 3.44.